The van der Waals surface area contributed by atoms with Gasteiger partial charge in [0, 0.05) is 19.5 Å². The molecule has 0 aliphatic carbocycles. The Kier molecular flexibility index (Phi) is 3.79. The Balaban J connectivity index is 2.23. The Labute approximate surface area is 99.0 Å². The van der Waals surface area contributed by atoms with E-state index in [0.717, 1.165) is 5.56 Å². The van der Waals surface area contributed by atoms with E-state index < -0.39 is 0 Å². The number of methoxy groups -OCH3 is 1. The van der Waals surface area contributed by atoms with Gasteiger partial charge in [-0.1, -0.05) is 5.16 Å². The van der Waals surface area contributed by atoms with E-state index in [0.29, 0.717) is 18.3 Å². The van der Waals surface area contributed by atoms with E-state index >= 15 is 0 Å². The highest BCUT2D eigenvalue weighted by Crippen LogP contribution is 2.18. The molecule has 1 N–H and O–H groups in total. The van der Waals surface area contributed by atoms with Crippen LogP contribution in [0.3, 0.4) is 0 Å². The van der Waals surface area contributed by atoms with Crippen LogP contribution in [0, 0.1) is 0 Å². The van der Waals surface area contributed by atoms with Crippen LogP contribution in [0.25, 0.3) is 0 Å². The van der Waals surface area contributed by atoms with E-state index in [-0.39, 0.29) is 6.04 Å². The third kappa shape index (κ3) is 2.66. The molecule has 6 nitrogen and oxygen atoms in total. The van der Waals surface area contributed by atoms with Crippen molar-refractivity contribution in [2.45, 2.75) is 12.6 Å². The van der Waals surface area contributed by atoms with Gasteiger partial charge in [0.05, 0.1) is 6.04 Å². The van der Waals surface area contributed by atoms with Gasteiger partial charge in [0.25, 0.3) is 5.89 Å². The van der Waals surface area contributed by atoms with Gasteiger partial charge in [0.1, 0.15) is 6.61 Å². The fourth-order valence-electron chi connectivity index (χ4n) is 1.57. The summed E-state index contributed by atoms with van der Waals surface area (Å²) < 4.78 is 10.0. The Morgan fingerprint density at radius 3 is 2.82 bits per heavy atom. The van der Waals surface area contributed by atoms with Crippen molar-refractivity contribution in [1.29, 1.82) is 0 Å². The summed E-state index contributed by atoms with van der Waals surface area (Å²) in [4.78, 5) is 8.24. The van der Waals surface area contributed by atoms with Crippen LogP contribution in [-0.4, -0.2) is 29.3 Å². The van der Waals surface area contributed by atoms with Crippen LogP contribution in [-0.2, 0) is 11.3 Å². The van der Waals surface area contributed by atoms with Gasteiger partial charge >= 0.3 is 0 Å². The average Bonchev–Trinajstić information content (AvgIpc) is 2.81. The van der Waals surface area contributed by atoms with E-state index in [1.54, 1.807) is 19.5 Å². The minimum atomic E-state index is -0.104. The molecule has 0 bridgehead atoms. The molecule has 2 heterocycles. The number of nitrogens with one attached hydrogen (secondary N) is 1. The van der Waals surface area contributed by atoms with Crippen molar-refractivity contribution in [2.75, 3.05) is 14.2 Å². The number of rotatable bonds is 5. The summed E-state index contributed by atoms with van der Waals surface area (Å²) in [6, 6.07) is 3.72. The minimum absolute atomic E-state index is 0.104. The van der Waals surface area contributed by atoms with Gasteiger partial charge in [-0.25, -0.2) is 0 Å². The van der Waals surface area contributed by atoms with Crippen molar-refractivity contribution in [3.63, 3.8) is 0 Å². The van der Waals surface area contributed by atoms with E-state index in [9.17, 15) is 0 Å². The third-order valence-electron chi connectivity index (χ3n) is 2.34. The average molecular weight is 234 g/mol. The van der Waals surface area contributed by atoms with Crippen LogP contribution in [0.4, 0.5) is 0 Å². The van der Waals surface area contributed by atoms with Crippen LogP contribution >= 0.6 is 0 Å². The van der Waals surface area contributed by atoms with Gasteiger partial charge in [-0.05, 0) is 24.7 Å². The first-order valence-electron chi connectivity index (χ1n) is 5.23. The molecular weight excluding hydrogens is 220 g/mol. The number of pyridine rings is 1. The van der Waals surface area contributed by atoms with Crippen LogP contribution in [0.1, 0.15) is 23.3 Å². The van der Waals surface area contributed by atoms with Crippen molar-refractivity contribution < 1.29 is 9.26 Å². The Hall–Kier alpha value is -1.79. The van der Waals surface area contributed by atoms with Crippen molar-refractivity contribution in [1.82, 2.24) is 20.4 Å². The molecule has 6 heteroatoms. The molecule has 0 amide bonds. The highest BCUT2D eigenvalue weighted by atomic mass is 16.5. The van der Waals surface area contributed by atoms with Gasteiger partial charge in [-0.2, -0.15) is 4.98 Å². The van der Waals surface area contributed by atoms with Crippen molar-refractivity contribution in [3.8, 4) is 0 Å². The highest BCUT2D eigenvalue weighted by Gasteiger charge is 2.18. The molecule has 0 saturated heterocycles. The van der Waals surface area contributed by atoms with E-state index in [1.807, 2.05) is 19.2 Å². The lowest BCUT2D eigenvalue weighted by molar-refractivity contribution is 0.151. The molecule has 0 aliphatic heterocycles. The first-order valence-corrected chi connectivity index (χ1v) is 5.23. The second kappa shape index (κ2) is 5.51. The molecular formula is C11H14N4O2. The standard InChI is InChI=1S/C11H14N4O2/c1-12-10(8-3-5-13-6-4-8)11-14-9(7-16-2)17-15-11/h3-6,10,12H,7H2,1-2H3. The van der Waals surface area contributed by atoms with Crippen LogP contribution in [0.2, 0.25) is 0 Å². The Morgan fingerprint density at radius 2 is 2.18 bits per heavy atom. The van der Waals surface area contributed by atoms with Crippen molar-refractivity contribution >= 4 is 0 Å². The van der Waals surface area contributed by atoms with E-state index in [2.05, 4.69) is 20.4 Å². The van der Waals surface area contributed by atoms with E-state index in [1.165, 1.54) is 0 Å². The fraction of sp³-hybridized carbons (Fsp3) is 0.364. The number of nitrogens with zero attached hydrogens (tertiary/aromatic N) is 3. The molecule has 0 aromatic carbocycles. The summed E-state index contributed by atoms with van der Waals surface area (Å²) in [5, 5.41) is 7.07. The van der Waals surface area contributed by atoms with Gasteiger partial charge in [-0.3, -0.25) is 4.98 Å². The Bertz CT molecular complexity index is 458. The zero-order chi connectivity index (χ0) is 12.1. The SMILES string of the molecule is CNC(c1ccncc1)c1noc(COC)n1. The molecule has 1 unspecified atom stereocenters. The molecule has 90 valence electrons. The molecule has 0 aliphatic rings. The van der Waals surface area contributed by atoms with Crippen LogP contribution in [0.5, 0.6) is 0 Å². The van der Waals surface area contributed by atoms with Crippen LogP contribution < -0.4 is 5.32 Å². The zero-order valence-corrected chi connectivity index (χ0v) is 9.75. The minimum Gasteiger partial charge on any atom is -0.375 e. The summed E-state index contributed by atoms with van der Waals surface area (Å²) in [6.45, 7) is 0.319. The first-order chi connectivity index (χ1) is 8.35. The predicted molar refractivity (Wildman–Crippen MR) is 60.2 cm³/mol. The lowest BCUT2D eigenvalue weighted by Gasteiger charge is -2.11. The molecule has 2 aromatic rings. The second-order valence-corrected chi connectivity index (χ2v) is 3.48. The molecule has 2 aromatic heterocycles. The van der Waals surface area contributed by atoms with Crippen LogP contribution in [0.15, 0.2) is 29.0 Å². The second-order valence-electron chi connectivity index (χ2n) is 3.48. The van der Waals surface area contributed by atoms with Gasteiger partial charge in [0.2, 0.25) is 0 Å². The lowest BCUT2D eigenvalue weighted by atomic mass is 10.1. The molecule has 17 heavy (non-hydrogen) atoms. The monoisotopic (exact) mass is 234 g/mol. The molecule has 2 rings (SSSR count). The maximum absolute atomic E-state index is 5.07. The molecule has 0 saturated carbocycles. The third-order valence-corrected chi connectivity index (χ3v) is 2.34. The van der Waals surface area contributed by atoms with Crippen molar-refractivity contribution in [2.24, 2.45) is 0 Å². The smallest absolute Gasteiger partial charge is 0.252 e. The molecule has 0 spiro atoms. The largest absolute Gasteiger partial charge is 0.375 e. The first kappa shape index (κ1) is 11.7. The number of ether oxygens (including phenoxy) is 1. The molecule has 0 radical (unpaired) electrons. The quantitative estimate of drug-likeness (QED) is 0.829. The topological polar surface area (TPSA) is 73.1 Å². The van der Waals surface area contributed by atoms with Crippen molar-refractivity contribution in [3.05, 3.63) is 41.8 Å². The molecule has 0 fully saturated rings. The highest BCUT2D eigenvalue weighted by molar-refractivity contribution is 5.21. The van der Waals surface area contributed by atoms with Gasteiger partial charge < -0.3 is 14.6 Å². The summed E-state index contributed by atoms with van der Waals surface area (Å²) in [5.41, 5.74) is 1.03. The number of aromatic nitrogens is 3. The molecule has 1 atom stereocenters. The maximum Gasteiger partial charge on any atom is 0.252 e. The van der Waals surface area contributed by atoms with Gasteiger partial charge in [-0.15, -0.1) is 0 Å². The normalized spacial score (nSPS) is 12.6. The summed E-state index contributed by atoms with van der Waals surface area (Å²) in [5.74, 6) is 1.06. The predicted octanol–water partition coefficient (Wildman–Crippen LogP) is 0.920. The Morgan fingerprint density at radius 1 is 1.41 bits per heavy atom. The fourth-order valence-corrected chi connectivity index (χ4v) is 1.57. The summed E-state index contributed by atoms with van der Waals surface area (Å²) in [7, 11) is 3.43. The van der Waals surface area contributed by atoms with Gasteiger partial charge in [0.15, 0.2) is 5.82 Å². The zero-order valence-electron chi connectivity index (χ0n) is 9.75. The number of hydrogen-bond donors (Lipinski definition) is 1. The summed E-state index contributed by atoms with van der Waals surface area (Å²) >= 11 is 0. The number of hydrogen-bond acceptors (Lipinski definition) is 6. The van der Waals surface area contributed by atoms with E-state index in [4.69, 9.17) is 9.26 Å². The summed E-state index contributed by atoms with van der Waals surface area (Å²) in [6.07, 6.45) is 3.46. The maximum atomic E-state index is 5.07. The lowest BCUT2D eigenvalue weighted by Crippen LogP contribution is -2.19.